The Morgan fingerprint density at radius 3 is 2.70 bits per heavy atom. The lowest BCUT2D eigenvalue weighted by atomic mass is 9.86. The number of carbonyl (C=O) groups is 1. The van der Waals surface area contributed by atoms with Gasteiger partial charge in [-0.1, -0.05) is 0 Å². The van der Waals surface area contributed by atoms with Crippen LogP contribution in [0.4, 0.5) is 5.95 Å². The highest BCUT2D eigenvalue weighted by atomic mass is 16.1. The summed E-state index contributed by atoms with van der Waals surface area (Å²) in [6.07, 6.45) is 7.10. The number of hydrogen-bond acceptors (Lipinski definition) is 5. The summed E-state index contributed by atoms with van der Waals surface area (Å²) in [6, 6.07) is 0. The van der Waals surface area contributed by atoms with E-state index in [4.69, 9.17) is 0 Å². The van der Waals surface area contributed by atoms with Crippen molar-refractivity contribution < 1.29 is 4.79 Å². The van der Waals surface area contributed by atoms with Crippen molar-refractivity contribution in [2.75, 3.05) is 44.2 Å². The molecular weight excluding hydrogens is 290 g/mol. The lowest BCUT2D eigenvalue weighted by Gasteiger charge is -2.32. The van der Waals surface area contributed by atoms with Crippen LogP contribution in [0.5, 0.6) is 0 Å². The SMILES string of the molecule is Cc1cnc(N2CCN(CC3CC3)CC3(CNC(=O)C3)C2)nc1. The van der Waals surface area contributed by atoms with E-state index in [0.29, 0.717) is 6.42 Å². The number of amides is 1. The lowest BCUT2D eigenvalue weighted by Crippen LogP contribution is -2.43. The van der Waals surface area contributed by atoms with Crippen LogP contribution in [0.15, 0.2) is 12.4 Å². The number of rotatable bonds is 3. The van der Waals surface area contributed by atoms with Crippen LogP contribution < -0.4 is 10.2 Å². The molecule has 1 spiro atoms. The standard InChI is InChI=1S/C17H25N5O/c1-13-7-18-16(19-8-13)22-5-4-21(9-14-2-3-14)11-17(12-22)6-15(23)20-10-17/h7-8,14H,2-6,9-12H2,1H3,(H,20,23). The van der Waals surface area contributed by atoms with E-state index in [1.165, 1.54) is 19.4 Å². The summed E-state index contributed by atoms with van der Waals surface area (Å²) in [4.78, 5) is 25.7. The zero-order valence-corrected chi connectivity index (χ0v) is 13.8. The van der Waals surface area contributed by atoms with E-state index >= 15 is 0 Å². The average molecular weight is 315 g/mol. The fraction of sp³-hybridized carbons (Fsp3) is 0.706. The maximum atomic E-state index is 11.9. The van der Waals surface area contributed by atoms with Crippen molar-refractivity contribution >= 4 is 11.9 Å². The van der Waals surface area contributed by atoms with Crippen molar-refractivity contribution in [1.29, 1.82) is 0 Å². The fourth-order valence-electron chi connectivity index (χ4n) is 3.87. The Morgan fingerprint density at radius 1 is 1.26 bits per heavy atom. The van der Waals surface area contributed by atoms with Crippen LogP contribution in [0.3, 0.4) is 0 Å². The van der Waals surface area contributed by atoms with Gasteiger partial charge >= 0.3 is 0 Å². The zero-order chi connectivity index (χ0) is 15.9. The average Bonchev–Trinajstić information content (AvgIpc) is 3.29. The molecule has 1 N–H and O–H groups in total. The normalized spacial score (nSPS) is 28.9. The van der Waals surface area contributed by atoms with Crippen LogP contribution in [-0.4, -0.2) is 60.0 Å². The lowest BCUT2D eigenvalue weighted by molar-refractivity contribution is -0.119. The smallest absolute Gasteiger partial charge is 0.225 e. The van der Waals surface area contributed by atoms with Crippen molar-refractivity contribution in [2.45, 2.75) is 26.2 Å². The van der Waals surface area contributed by atoms with Gasteiger partial charge in [0.15, 0.2) is 0 Å². The van der Waals surface area contributed by atoms with Gasteiger partial charge in [0.1, 0.15) is 0 Å². The molecule has 2 aliphatic heterocycles. The van der Waals surface area contributed by atoms with E-state index in [1.54, 1.807) is 0 Å². The molecule has 1 amide bonds. The van der Waals surface area contributed by atoms with Gasteiger partial charge in [-0.3, -0.25) is 4.79 Å². The largest absolute Gasteiger partial charge is 0.355 e. The van der Waals surface area contributed by atoms with E-state index in [-0.39, 0.29) is 11.3 Å². The molecule has 1 saturated carbocycles. The van der Waals surface area contributed by atoms with Crippen LogP contribution >= 0.6 is 0 Å². The van der Waals surface area contributed by atoms with Gasteiger partial charge in [-0.15, -0.1) is 0 Å². The van der Waals surface area contributed by atoms with Crippen LogP contribution in [0.1, 0.15) is 24.8 Å². The van der Waals surface area contributed by atoms with Crippen molar-refractivity contribution in [3.8, 4) is 0 Å². The predicted octanol–water partition coefficient (Wildman–Crippen LogP) is 0.823. The third-order valence-corrected chi connectivity index (χ3v) is 5.23. The molecule has 1 aliphatic carbocycles. The van der Waals surface area contributed by atoms with Crippen LogP contribution in [0.2, 0.25) is 0 Å². The molecule has 0 radical (unpaired) electrons. The van der Waals surface area contributed by atoms with Gasteiger partial charge in [0.25, 0.3) is 0 Å². The molecule has 6 heteroatoms. The second-order valence-electron chi connectivity index (χ2n) is 7.61. The third kappa shape index (κ3) is 3.32. The zero-order valence-electron chi connectivity index (χ0n) is 13.8. The Kier molecular flexibility index (Phi) is 3.71. The van der Waals surface area contributed by atoms with Gasteiger partial charge in [-0.05, 0) is 31.2 Å². The molecule has 1 aromatic heterocycles. The highest BCUT2D eigenvalue weighted by Gasteiger charge is 2.44. The number of hydrogen-bond donors (Lipinski definition) is 1. The Balaban J connectivity index is 1.56. The minimum atomic E-state index is -0.00325. The van der Waals surface area contributed by atoms with E-state index in [2.05, 4.69) is 25.1 Å². The molecule has 1 atom stereocenters. The van der Waals surface area contributed by atoms with Crippen LogP contribution in [0.25, 0.3) is 0 Å². The molecule has 6 nitrogen and oxygen atoms in total. The molecule has 124 valence electrons. The number of nitrogens with zero attached hydrogens (tertiary/aromatic N) is 4. The van der Waals surface area contributed by atoms with Gasteiger partial charge in [-0.2, -0.15) is 0 Å². The first-order valence-corrected chi connectivity index (χ1v) is 8.65. The quantitative estimate of drug-likeness (QED) is 0.895. The van der Waals surface area contributed by atoms with Gasteiger partial charge in [0.2, 0.25) is 11.9 Å². The summed E-state index contributed by atoms with van der Waals surface area (Å²) in [5.41, 5.74) is 1.07. The van der Waals surface area contributed by atoms with Gasteiger partial charge in [0.05, 0.1) is 0 Å². The first-order valence-electron chi connectivity index (χ1n) is 8.65. The summed E-state index contributed by atoms with van der Waals surface area (Å²) >= 11 is 0. The summed E-state index contributed by atoms with van der Waals surface area (Å²) in [5.74, 6) is 1.85. The van der Waals surface area contributed by atoms with Crippen molar-refractivity contribution in [3.05, 3.63) is 18.0 Å². The number of carbonyl (C=O) groups excluding carboxylic acids is 1. The van der Waals surface area contributed by atoms with E-state index in [0.717, 1.165) is 50.2 Å². The van der Waals surface area contributed by atoms with E-state index in [1.807, 2.05) is 19.3 Å². The summed E-state index contributed by atoms with van der Waals surface area (Å²) in [5, 5.41) is 3.05. The topological polar surface area (TPSA) is 61.4 Å². The molecule has 0 bridgehead atoms. The maximum Gasteiger partial charge on any atom is 0.225 e. The Bertz CT molecular complexity index is 585. The third-order valence-electron chi connectivity index (χ3n) is 5.23. The highest BCUT2D eigenvalue weighted by Crippen LogP contribution is 2.35. The predicted molar refractivity (Wildman–Crippen MR) is 88.2 cm³/mol. The second-order valence-corrected chi connectivity index (χ2v) is 7.61. The first-order chi connectivity index (χ1) is 11.1. The van der Waals surface area contributed by atoms with Gasteiger partial charge < -0.3 is 15.1 Å². The minimum Gasteiger partial charge on any atom is -0.355 e. The van der Waals surface area contributed by atoms with Gasteiger partial charge in [0, 0.05) is 63.5 Å². The summed E-state index contributed by atoms with van der Waals surface area (Å²) < 4.78 is 0. The monoisotopic (exact) mass is 315 g/mol. The maximum absolute atomic E-state index is 11.9. The number of aromatic nitrogens is 2. The molecule has 3 fully saturated rings. The van der Waals surface area contributed by atoms with Crippen molar-refractivity contribution in [1.82, 2.24) is 20.2 Å². The Morgan fingerprint density at radius 2 is 2.04 bits per heavy atom. The molecule has 1 unspecified atom stereocenters. The molecule has 1 aromatic rings. The molecule has 23 heavy (non-hydrogen) atoms. The Hall–Kier alpha value is -1.69. The van der Waals surface area contributed by atoms with Crippen LogP contribution in [-0.2, 0) is 4.79 Å². The summed E-state index contributed by atoms with van der Waals surface area (Å²) in [7, 11) is 0. The van der Waals surface area contributed by atoms with Crippen LogP contribution in [0, 0.1) is 18.3 Å². The summed E-state index contributed by atoms with van der Waals surface area (Å²) in [6.45, 7) is 7.79. The van der Waals surface area contributed by atoms with E-state index in [9.17, 15) is 4.79 Å². The Labute approximate surface area is 137 Å². The highest BCUT2D eigenvalue weighted by molar-refractivity contribution is 5.79. The molecule has 0 aromatic carbocycles. The van der Waals surface area contributed by atoms with Crippen molar-refractivity contribution in [3.63, 3.8) is 0 Å². The van der Waals surface area contributed by atoms with Crippen molar-refractivity contribution in [2.24, 2.45) is 11.3 Å². The minimum absolute atomic E-state index is 0.00325. The molecule has 3 heterocycles. The molecule has 3 aliphatic rings. The first kappa shape index (κ1) is 14.9. The number of anilines is 1. The fourth-order valence-corrected chi connectivity index (χ4v) is 3.87. The molecule has 2 saturated heterocycles. The number of nitrogens with one attached hydrogen (secondary N) is 1. The second kappa shape index (κ2) is 5.74. The molecular formula is C17H25N5O. The van der Waals surface area contributed by atoms with E-state index < -0.39 is 0 Å². The van der Waals surface area contributed by atoms with Gasteiger partial charge in [-0.25, -0.2) is 9.97 Å². The number of aryl methyl sites for hydroxylation is 1. The molecule has 4 rings (SSSR count).